The van der Waals surface area contributed by atoms with E-state index in [1.807, 2.05) is 0 Å². The van der Waals surface area contributed by atoms with Gasteiger partial charge in [-0.25, -0.2) is 4.98 Å². The van der Waals surface area contributed by atoms with Gasteiger partial charge in [-0.15, -0.1) is 0 Å². The third kappa shape index (κ3) is 1.39. The Balaban J connectivity index is 3.29. The maximum atomic E-state index is 10.8. The molecular weight excluding hydrogens is 187 g/mol. The van der Waals surface area contributed by atoms with Crippen molar-refractivity contribution in [3.8, 4) is 0 Å². The molecule has 0 fully saturated rings. The number of Topliss-reactive ketones (excluding diaryl/α,β-unsaturated/α-hetero) is 1. The van der Waals surface area contributed by atoms with Gasteiger partial charge >= 0.3 is 0 Å². The molecule has 3 nitrogen and oxygen atoms in total. The van der Waals surface area contributed by atoms with E-state index in [2.05, 4.69) is 4.98 Å². The number of nitrogens with zero attached hydrogens (tertiary/aromatic N) is 2. The predicted octanol–water partition coefficient (Wildman–Crippen LogP) is 1.93. The summed E-state index contributed by atoms with van der Waals surface area (Å²) in [6.07, 6.45) is 0. The third-order valence-corrected chi connectivity index (χ3v) is 2.09. The van der Waals surface area contributed by atoms with Gasteiger partial charge in [-0.2, -0.15) is 0 Å². The Bertz CT molecular complexity index is 306. The van der Waals surface area contributed by atoms with Gasteiger partial charge in [0.05, 0.1) is 0 Å². The lowest BCUT2D eigenvalue weighted by atomic mass is 10.4. The number of halogens is 2. The Labute approximate surface area is 73.9 Å². The molecule has 0 aliphatic carbocycles. The number of ketones is 1. The third-order valence-electron chi connectivity index (χ3n) is 1.30. The van der Waals surface area contributed by atoms with Crippen LogP contribution < -0.4 is 0 Å². The highest BCUT2D eigenvalue weighted by molar-refractivity contribution is 6.40. The summed E-state index contributed by atoms with van der Waals surface area (Å²) in [6, 6.07) is 0. The molecule has 5 heteroatoms. The van der Waals surface area contributed by atoms with E-state index in [-0.39, 0.29) is 21.9 Å². The Morgan fingerprint density at radius 2 is 2.09 bits per heavy atom. The van der Waals surface area contributed by atoms with Gasteiger partial charge in [-0.3, -0.25) is 4.79 Å². The van der Waals surface area contributed by atoms with Crippen LogP contribution in [0.15, 0.2) is 0 Å². The molecule has 0 aromatic carbocycles. The van der Waals surface area contributed by atoms with Crippen molar-refractivity contribution in [3.05, 3.63) is 16.1 Å². The van der Waals surface area contributed by atoms with Crippen molar-refractivity contribution >= 4 is 29.0 Å². The smallest absolute Gasteiger partial charge is 0.195 e. The number of hydrogen-bond acceptors (Lipinski definition) is 2. The topological polar surface area (TPSA) is 34.9 Å². The van der Waals surface area contributed by atoms with Crippen LogP contribution in [0.2, 0.25) is 10.3 Å². The average Bonchev–Trinajstić information content (AvgIpc) is 2.17. The van der Waals surface area contributed by atoms with Crippen LogP contribution in [0.5, 0.6) is 0 Å². The van der Waals surface area contributed by atoms with Crippen LogP contribution in [0.1, 0.15) is 17.5 Å². The van der Waals surface area contributed by atoms with Crippen LogP contribution >= 0.6 is 23.2 Å². The van der Waals surface area contributed by atoms with Crippen molar-refractivity contribution in [2.75, 3.05) is 0 Å². The van der Waals surface area contributed by atoms with Crippen LogP contribution in [0.3, 0.4) is 0 Å². The summed E-state index contributed by atoms with van der Waals surface area (Å²) in [6.45, 7) is 1.41. The molecular formula is C6H6Cl2N2O. The zero-order valence-electron chi connectivity index (χ0n) is 6.06. The molecule has 0 unspecified atom stereocenters. The molecule has 0 radical (unpaired) electrons. The molecule has 0 atom stereocenters. The summed E-state index contributed by atoms with van der Waals surface area (Å²) in [4.78, 5) is 14.6. The first kappa shape index (κ1) is 8.56. The lowest BCUT2D eigenvalue weighted by Gasteiger charge is -1.94. The number of aromatic nitrogens is 2. The Hall–Kier alpha value is -0.540. The van der Waals surface area contributed by atoms with E-state index >= 15 is 0 Å². The summed E-state index contributed by atoms with van der Waals surface area (Å²) in [5.74, 6) is 0.126. The second kappa shape index (κ2) is 2.83. The second-order valence-electron chi connectivity index (χ2n) is 2.13. The molecule has 0 spiro atoms. The summed E-state index contributed by atoms with van der Waals surface area (Å²) in [7, 11) is 1.64. The minimum Gasteiger partial charge on any atom is -0.314 e. The molecule has 0 aliphatic heterocycles. The molecule has 0 aliphatic rings. The van der Waals surface area contributed by atoms with Gasteiger partial charge in [0.25, 0.3) is 0 Å². The predicted molar refractivity (Wildman–Crippen MR) is 43.2 cm³/mol. The molecule has 0 bridgehead atoms. The van der Waals surface area contributed by atoms with Gasteiger partial charge in [0.2, 0.25) is 0 Å². The van der Waals surface area contributed by atoms with Crippen molar-refractivity contribution in [2.24, 2.45) is 7.05 Å². The highest BCUT2D eigenvalue weighted by atomic mass is 35.5. The van der Waals surface area contributed by atoms with E-state index in [9.17, 15) is 4.79 Å². The van der Waals surface area contributed by atoms with Crippen LogP contribution in [0.4, 0.5) is 0 Å². The molecule has 1 aromatic rings. The number of imidazole rings is 1. The maximum absolute atomic E-state index is 10.8. The minimum absolute atomic E-state index is 0.152. The van der Waals surface area contributed by atoms with Gasteiger partial charge in [-0.05, 0) is 0 Å². The van der Waals surface area contributed by atoms with Gasteiger partial charge in [-0.1, -0.05) is 23.2 Å². The fourth-order valence-electron chi connectivity index (χ4n) is 0.760. The van der Waals surface area contributed by atoms with E-state index in [1.54, 1.807) is 7.05 Å². The zero-order valence-corrected chi connectivity index (χ0v) is 7.57. The lowest BCUT2D eigenvalue weighted by molar-refractivity contribution is 0.100. The Morgan fingerprint density at radius 1 is 1.55 bits per heavy atom. The molecule has 60 valence electrons. The SMILES string of the molecule is CC(=O)c1nc(Cl)c(Cl)n1C. The van der Waals surface area contributed by atoms with E-state index in [1.165, 1.54) is 11.5 Å². The normalized spacial score (nSPS) is 10.2. The first-order chi connectivity index (χ1) is 5.04. The number of rotatable bonds is 1. The highest BCUT2D eigenvalue weighted by Gasteiger charge is 2.13. The van der Waals surface area contributed by atoms with Gasteiger partial charge in [0.15, 0.2) is 16.8 Å². The molecule has 0 amide bonds. The van der Waals surface area contributed by atoms with E-state index in [0.717, 1.165) is 0 Å². The highest BCUT2D eigenvalue weighted by Crippen LogP contribution is 2.21. The van der Waals surface area contributed by atoms with Crippen molar-refractivity contribution in [1.82, 2.24) is 9.55 Å². The molecule has 1 heterocycles. The standard InChI is InChI=1S/C6H6Cl2N2O/c1-3(11)6-9-4(7)5(8)10(6)2/h1-2H3. The number of carbonyl (C=O) groups is 1. The molecule has 1 aromatic heterocycles. The van der Waals surface area contributed by atoms with Crippen LogP contribution in [-0.2, 0) is 7.05 Å². The summed E-state index contributed by atoms with van der Waals surface area (Å²) in [5, 5.41) is 0.455. The van der Waals surface area contributed by atoms with Gasteiger partial charge < -0.3 is 4.57 Å². The molecule has 0 saturated carbocycles. The van der Waals surface area contributed by atoms with E-state index < -0.39 is 0 Å². The fraction of sp³-hybridized carbons (Fsp3) is 0.333. The summed E-state index contributed by atoms with van der Waals surface area (Å²) in [5.41, 5.74) is 0. The lowest BCUT2D eigenvalue weighted by Crippen LogP contribution is -2.02. The number of hydrogen-bond donors (Lipinski definition) is 0. The summed E-state index contributed by atoms with van der Waals surface area (Å²) < 4.78 is 1.45. The van der Waals surface area contributed by atoms with Crippen LogP contribution in [0.25, 0.3) is 0 Å². The van der Waals surface area contributed by atoms with Gasteiger partial charge in [0, 0.05) is 14.0 Å². The first-order valence-corrected chi connectivity index (χ1v) is 3.68. The van der Waals surface area contributed by atoms with E-state index in [0.29, 0.717) is 0 Å². The average molecular weight is 193 g/mol. The van der Waals surface area contributed by atoms with Gasteiger partial charge in [0.1, 0.15) is 5.15 Å². The monoisotopic (exact) mass is 192 g/mol. The van der Waals surface area contributed by atoms with Crippen molar-refractivity contribution < 1.29 is 4.79 Å². The summed E-state index contributed by atoms with van der Waals surface area (Å²) >= 11 is 11.2. The number of carbonyl (C=O) groups excluding carboxylic acids is 1. The first-order valence-electron chi connectivity index (χ1n) is 2.92. The Morgan fingerprint density at radius 3 is 2.27 bits per heavy atom. The molecule has 0 N–H and O–H groups in total. The van der Waals surface area contributed by atoms with Crippen molar-refractivity contribution in [2.45, 2.75) is 6.92 Å². The maximum Gasteiger partial charge on any atom is 0.195 e. The van der Waals surface area contributed by atoms with Crippen molar-refractivity contribution in [3.63, 3.8) is 0 Å². The largest absolute Gasteiger partial charge is 0.314 e. The molecule has 1 rings (SSSR count). The van der Waals surface area contributed by atoms with Crippen LogP contribution in [0, 0.1) is 0 Å². The van der Waals surface area contributed by atoms with E-state index in [4.69, 9.17) is 23.2 Å². The second-order valence-corrected chi connectivity index (χ2v) is 2.85. The Kier molecular flexibility index (Phi) is 2.20. The fourth-order valence-corrected chi connectivity index (χ4v) is 1.09. The van der Waals surface area contributed by atoms with Crippen molar-refractivity contribution in [1.29, 1.82) is 0 Å². The molecule has 0 saturated heterocycles. The quantitative estimate of drug-likeness (QED) is 0.638. The molecule has 11 heavy (non-hydrogen) atoms. The zero-order chi connectivity index (χ0) is 8.59. The van der Waals surface area contributed by atoms with Crippen LogP contribution in [-0.4, -0.2) is 15.3 Å². The minimum atomic E-state index is -0.152.